The van der Waals surface area contributed by atoms with E-state index in [1.54, 1.807) is 6.07 Å². The van der Waals surface area contributed by atoms with Crippen molar-refractivity contribution in [3.8, 4) is 0 Å². The highest BCUT2D eigenvalue weighted by atomic mass is 35.5. The molecule has 0 bridgehead atoms. The number of anilines is 1. The smallest absolute Gasteiger partial charge is 0.233 e. The summed E-state index contributed by atoms with van der Waals surface area (Å²) in [5, 5.41) is 0.855. The topological polar surface area (TPSA) is 49.3 Å². The number of benzene rings is 3. The Labute approximate surface area is 222 Å². The van der Waals surface area contributed by atoms with Gasteiger partial charge in [-0.2, -0.15) is 0 Å². The molecule has 0 aliphatic rings. The Hall–Kier alpha value is -3.35. The largest absolute Gasteiger partial charge is 0.355 e. The number of nitrogens with zero attached hydrogens (tertiary/aromatic N) is 4. The van der Waals surface area contributed by atoms with Gasteiger partial charge in [0, 0.05) is 32.7 Å². The van der Waals surface area contributed by atoms with Crippen LogP contribution in [0.25, 0.3) is 0 Å². The van der Waals surface area contributed by atoms with Crippen LogP contribution in [0.5, 0.6) is 0 Å². The van der Waals surface area contributed by atoms with E-state index in [9.17, 15) is 4.79 Å². The first-order chi connectivity index (χ1) is 17.6. The van der Waals surface area contributed by atoms with E-state index in [0.29, 0.717) is 29.9 Å². The van der Waals surface area contributed by atoms with Crippen LogP contribution in [0.1, 0.15) is 16.7 Å². The van der Waals surface area contributed by atoms with Gasteiger partial charge >= 0.3 is 0 Å². The molecule has 0 saturated heterocycles. The third-order valence-electron chi connectivity index (χ3n) is 5.72. The summed E-state index contributed by atoms with van der Waals surface area (Å²) < 4.78 is 0. The summed E-state index contributed by atoms with van der Waals surface area (Å²) in [5.74, 6) is 1.01. The maximum atomic E-state index is 13.3. The molecule has 0 atom stereocenters. The van der Waals surface area contributed by atoms with Crippen LogP contribution in [-0.4, -0.2) is 40.1 Å². The molecule has 0 radical (unpaired) electrons. The molecule has 4 rings (SSSR count). The quantitative estimate of drug-likeness (QED) is 0.136. The second-order valence-electron chi connectivity index (χ2n) is 8.50. The van der Waals surface area contributed by atoms with Gasteiger partial charge in [0.05, 0.1) is 5.75 Å². The predicted octanol–water partition coefficient (Wildman–Crippen LogP) is 6.13. The number of amides is 1. The molecule has 36 heavy (non-hydrogen) atoms. The molecular weight excluding hydrogens is 488 g/mol. The molecule has 0 unspecified atom stereocenters. The number of halogens is 1. The summed E-state index contributed by atoms with van der Waals surface area (Å²) in [4.78, 5) is 26.2. The summed E-state index contributed by atoms with van der Waals surface area (Å²) in [6.45, 7) is 1.90. The second kappa shape index (κ2) is 13.1. The van der Waals surface area contributed by atoms with Crippen molar-refractivity contribution in [3.63, 3.8) is 0 Å². The van der Waals surface area contributed by atoms with Gasteiger partial charge < -0.3 is 9.80 Å². The zero-order valence-corrected chi connectivity index (χ0v) is 21.8. The third-order valence-corrected chi connectivity index (χ3v) is 6.75. The normalized spacial score (nSPS) is 10.7. The first kappa shape index (κ1) is 25.7. The van der Waals surface area contributed by atoms with Gasteiger partial charge in [-0.25, -0.2) is 9.97 Å². The Morgan fingerprint density at radius 1 is 0.806 bits per heavy atom. The van der Waals surface area contributed by atoms with Crippen LogP contribution in [0.2, 0.25) is 5.15 Å². The zero-order valence-electron chi connectivity index (χ0n) is 20.3. The zero-order chi connectivity index (χ0) is 25.2. The second-order valence-corrected chi connectivity index (χ2v) is 9.83. The van der Waals surface area contributed by atoms with Gasteiger partial charge in [0.2, 0.25) is 5.91 Å². The summed E-state index contributed by atoms with van der Waals surface area (Å²) >= 11 is 7.63. The van der Waals surface area contributed by atoms with Crippen molar-refractivity contribution in [1.29, 1.82) is 0 Å². The molecule has 7 heteroatoms. The van der Waals surface area contributed by atoms with Crippen LogP contribution in [0.3, 0.4) is 0 Å². The minimum atomic E-state index is 0.0440. The van der Waals surface area contributed by atoms with E-state index in [1.165, 1.54) is 22.9 Å². The van der Waals surface area contributed by atoms with Gasteiger partial charge in [-0.3, -0.25) is 4.79 Å². The highest BCUT2D eigenvalue weighted by Crippen LogP contribution is 2.23. The lowest BCUT2D eigenvalue weighted by molar-refractivity contribution is -0.128. The van der Waals surface area contributed by atoms with Crippen LogP contribution in [0.15, 0.2) is 102 Å². The summed E-state index contributed by atoms with van der Waals surface area (Å²) in [6, 6.07) is 32.2. The Balaban J connectivity index is 1.42. The lowest BCUT2D eigenvalue weighted by Crippen LogP contribution is -2.34. The van der Waals surface area contributed by atoms with Crippen molar-refractivity contribution in [2.45, 2.75) is 24.7 Å². The van der Waals surface area contributed by atoms with Gasteiger partial charge in [0.1, 0.15) is 11.0 Å². The number of aromatic nitrogens is 2. The first-order valence-electron chi connectivity index (χ1n) is 11.8. The Kier molecular flexibility index (Phi) is 9.36. The van der Waals surface area contributed by atoms with E-state index in [-0.39, 0.29) is 11.7 Å². The summed E-state index contributed by atoms with van der Waals surface area (Å²) in [5.41, 5.74) is 3.49. The molecule has 1 amide bonds. The first-order valence-corrected chi connectivity index (χ1v) is 13.2. The monoisotopic (exact) mass is 516 g/mol. The van der Waals surface area contributed by atoms with E-state index in [1.807, 2.05) is 83.6 Å². The molecule has 1 heterocycles. The average Bonchev–Trinajstić information content (AvgIpc) is 2.91. The fraction of sp³-hybridized carbons (Fsp3) is 0.207. The number of thioether (sulfide) groups is 1. The highest BCUT2D eigenvalue weighted by Gasteiger charge is 2.17. The van der Waals surface area contributed by atoms with E-state index in [4.69, 9.17) is 11.6 Å². The molecule has 3 aromatic carbocycles. The summed E-state index contributed by atoms with van der Waals surface area (Å²) in [6.07, 6.45) is 0.798. The van der Waals surface area contributed by atoms with Crippen molar-refractivity contribution in [2.24, 2.45) is 0 Å². The lowest BCUT2D eigenvalue weighted by Gasteiger charge is -2.23. The molecule has 184 valence electrons. The van der Waals surface area contributed by atoms with E-state index in [2.05, 4.69) is 34.2 Å². The van der Waals surface area contributed by atoms with Crippen molar-refractivity contribution in [3.05, 3.63) is 119 Å². The molecule has 0 aliphatic carbocycles. The van der Waals surface area contributed by atoms with Gasteiger partial charge in [-0.1, -0.05) is 114 Å². The summed E-state index contributed by atoms with van der Waals surface area (Å²) in [7, 11) is 1.97. The fourth-order valence-corrected chi connectivity index (χ4v) is 4.79. The molecule has 0 spiro atoms. The van der Waals surface area contributed by atoms with Crippen LogP contribution >= 0.6 is 23.4 Å². The van der Waals surface area contributed by atoms with Crippen molar-refractivity contribution < 1.29 is 4.79 Å². The minimum absolute atomic E-state index is 0.0440. The molecule has 1 aromatic heterocycles. The third kappa shape index (κ3) is 7.83. The lowest BCUT2D eigenvalue weighted by atomic mass is 10.1. The van der Waals surface area contributed by atoms with Gasteiger partial charge in [0.15, 0.2) is 5.16 Å². The van der Waals surface area contributed by atoms with E-state index in [0.717, 1.165) is 17.8 Å². The Morgan fingerprint density at radius 3 is 1.97 bits per heavy atom. The van der Waals surface area contributed by atoms with Crippen LogP contribution in [-0.2, 0) is 24.3 Å². The van der Waals surface area contributed by atoms with Gasteiger partial charge in [-0.05, 0) is 23.1 Å². The molecule has 0 fully saturated rings. The maximum absolute atomic E-state index is 13.3. The molecule has 4 aromatic rings. The number of hydrogen-bond acceptors (Lipinski definition) is 5. The number of carbonyl (C=O) groups excluding carboxylic acids is 1. The van der Waals surface area contributed by atoms with Crippen LogP contribution in [0.4, 0.5) is 5.82 Å². The van der Waals surface area contributed by atoms with Crippen LogP contribution in [0, 0.1) is 0 Å². The number of carbonyl (C=O) groups is 1. The number of rotatable bonds is 11. The minimum Gasteiger partial charge on any atom is -0.355 e. The molecular formula is C29H29ClN4OS. The standard InChI is InChI=1S/C29H29ClN4OS/c1-33(20-24-13-7-3-8-14-24)27-19-26(30)31-29(32-27)36-22-28(35)34(21-25-15-9-4-10-16-25)18-17-23-11-5-2-6-12-23/h2-16,19H,17-18,20-22H2,1H3. The van der Waals surface area contributed by atoms with E-state index < -0.39 is 0 Å². The molecule has 5 nitrogen and oxygen atoms in total. The molecule has 0 N–H and O–H groups in total. The van der Waals surface area contributed by atoms with Gasteiger partial charge in [0.25, 0.3) is 0 Å². The van der Waals surface area contributed by atoms with Gasteiger partial charge in [-0.15, -0.1) is 0 Å². The molecule has 0 saturated carbocycles. The van der Waals surface area contributed by atoms with Crippen molar-refractivity contribution in [1.82, 2.24) is 14.9 Å². The Bertz CT molecular complexity index is 1240. The molecule has 0 aliphatic heterocycles. The average molecular weight is 517 g/mol. The SMILES string of the molecule is CN(Cc1ccccc1)c1cc(Cl)nc(SCC(=O)N(CCc2ccccc2)Cc2ccccc2)n1. The predicted molar refractivity (Wildman–Crippen MR) is 148 cm³/mol. The van der Waals surface area contributed by atoms with Crippen molar-refractivity contribution >= 4 is 35.1 Å². The Morgan fingerprint density at radius 2 is 1.36 bits per heavy atom. The van der Waals surface area contributed by atoms with E-state index >= 15 is 0 Å². The highest BCUT2D eigenvalue weighted by molar-refractivity contribution is 7.99. The van der Waals surface area contributed by atoms with Crippen LogP contribution < -0.4 is 4.90 Å². The maximum Gasteiger partial charge on any atom is 0.233 e. The number of hydrogen-bond donors (Lipinski definition) is 0. The fourth-order valence-electron chi connectivity index (χ4n) is 3.81. The van der Waals surface area contributed by atoms with Crippen molar-refractivity contribution in [2.75, 3.05) is 24.2 Å².